The number of methoxy groups -OCH3 is 2. The molecule has 5 heteroatoms. The van der Waals surface area contributed by atoms with Crippen LogP contribution in [0, 0.1) is 5.82 Å². The molecule has 1 heterocycles. The highest BCUT2D eigenvalue weighted by Gasteiger charge is 2.14. The second-order valence-electron chi connectivity index (χ2n) is 7.19. The van der Waals surface area contributed by atoms with Crippen LogP contribution in [-0.2, 0) is 19.6 Å². The van der Waals surface area contributed by atoms with Crippen molar-refractivity contribution in [2.75, 3.05) is 14.2 Å². The molecule has 4 nitrogen and oxygen atoms in total. The fraction of sp³-hybridized carbons (Fsp3) is 0.200. The maximum atomic E-state index is 14.4. The summed E-state index contributed by atoms with van der Waals surface area (Å²) in [6.07, 6.45) is 2.09. The van der Waals surface area contributed by atoms with Crippen molar-refractivity contribution in [1.29, 1.82) is 0 Å². The highest BCUT2D eigenvalue weighted by molar-refractivity contribution is 5.85. The molecule has 0 unspecified atom stereocenters. The smallest absolute Gasteiger partial charge is 0.167 e. The molecule has 0 aliphatic heterocycles. The Bertz CT molecular complexity index is 1140. The Hall–Kier alpha value is -3.31. The Morgan fingerprint density at radius 2 is 1.53 bits per heavy atom. The first-order valence-electron chi connectivity index (χ1n) is 9.91. The minimum Gasteiger partial charge on any atom is -0.496 e. The van der Waals surface area contributed by atoms with Gasteiger partial charge < -0.3 is 19.4 Å². The van der Waals surface area contributed by atoms with Gasteiger partial charge in [-0.2, -0.15) is 0 Å². The first-order valence-corrected chi connectivity index (χ1v) is 9.91. The number of rotatable bonds is 8. The van der Waals surface area contributed by atoms with Crippen LogP contribution in [0.4, 0.5) is 4.39 Å². The number of ether oxygens (including phenoxy) is 2. The molecule has 4 aromatic rings. The van der Waals surface area contributed by atoms with Gasteiger partial charge in [-0.25, -0.2) is 4.39 Å². The van der Waals surface area contributed by atoms with Gasteiger partial charge >= 0.3 is 0 Å². The average Bonchev–Trinajstić information content (AvgIpc) is 3.10. The first kappa shape index (κ1) is 20.0. The molecule has 0 amide bonds. The number of nitrogens with one attached hydrogen (secondary N) is 1. The van der Waals surface area contributed by atoms with Gasteiger partial charge in [-0.3, -0.25) is 0 Å². The van der Waals surface area contributed by atoms with Crippen LogP contribution in [0.1, 0.15) is 16.7 Å². The summed E-state index contributed by atoms with van der Waals surface area (Å²) in [6, 6.07) is 21.5. The monoisotopic (exact) mass is 404 g/mol. The largest absolute Gasteiger partial charge is 0.496 e. The maximum Gasteiger partial charge on any atom is 0.167 e. The second-order valence-corrected chi connectivity index (χ2v) is 7.19. The summed E-state index contributed by atoms with van der Waals surface area (Å²) >= 11 is 0. The van der Waals surface area contributed by atoms with E-state index in [9.17, 15) is 4.39 Å². The molecular formula is C25H25FN2O2. The molecule has 0 saturated heterocycles. The van der Waals surface area contributed by atoms with Crippen molar-refractivity contribution >= 4 is 10.9 Å². The lowest BCUT2D eigenvalue weighted by Gasteiger charge is -2.09. The predicted octanol–water partition coefficient (Wildman–Crippen LogP) is 5.14. The van der Waals surface area contributed by atoms with Gasteiger partial charge in [0.15, 0.2) is 11.6 Å². The zero-order chi connectivity index (χ0) is 20.9. The average molecular weight is 404 g/mol. The Morgan fingerprint density at radius 1 is 0.833 bits per heavy atom. The van der Waals surface area contributed by atoms with E-state index in [1.54, 1.807) is 19.2 Å². The Labute approximate surface area is 175 Å². The minimum atomic E-state index is -0.356. The molecule has 0 aliphatic rings. The van der Waals surface area contributed by atoms with E-state index in [-0.39, 0.29) is 11.6 Å². The van der Waals surface area contributed by atoms with Crippen molar-refractivity contribution < 1.29 is 13.9 Å². The van der Waals surface area contributed by atoms with Gasteiger partial charge in [-0.05, 0) is 23.3 Å². The van der Waals surface area contributed by atoms with Gasteiger partial charge in [-0.1, -0.05) is 48.5 Å². The zero-order valence-corrected chi connectivity index (χ0v) is 17.2. The normalized spacial score (nSPS) is 11.0. The minimum absolute atomic E-state index is 0.255. The van der Waals surface area contributed by atoms with Crippen LogP contribution in [0.5, 0.6) is 11.5 Å². The van der Waals surface area contributed by atoms with E-state index in [0.717, 1.165) is 27.8 Å². The lowest BCUT2D eigenvalue weighted by Crippen LogP contribution is -2.13. The van der Waals surface area contributed by atoms with Crippen LogP contribution in [-0.4, -0.2) is 18.8 Å². The SMILES string of the molecule is COc1cc2c(CNCc3ccccc3OC)cn(Cc3ccccc3)c2cc1F. The molecule has 1 aromatic heterocycles. The zero-order valence-electron chi connectivity index (χ0n) is 17.2. The third-order valence-electron chi connectivity index (χ3n) is 5.26. The molecule has 0 bridgehead atoms. The Balaban J connectivity index is 1.63. The maximum absolute atomic E-state index is 14.4. The molecule has 0 radical (unpaired) electrons. The van der Waals surface area contributed by atoms with Crippen molar-refractivity contribution in [1.82, 2.24) is 9.88 Å². The second kappa shape index (κ2) is 9.01. The van der Waals surface area contributed by atoms with Gasteiger partial charge in [0, 0.05) is 42.8 Å². The van der Waals surface area contributed by atoms with E-state index < -0.39 is 0 Å². The molecule has 0 atom stereocenters. The molecular weight excluding hydrogens is 379 g/mol. The molecule has 1 N–H and O–H groups in total. The number of benzene rings is 3. The number of fused-ring (bicyclic) bond motifs is 1. The van der Waals surface area contributed by atoms with E-state index in [2.05, 4.69) is 28.2 Å². The highest BCUT2D eigenvalue weighted by Crippen LogP contribution is 2.29. The van der Waals surface area contributed by atoms with E-state index in [0.29, 0.717) is 19.6 Å². The molecule has 0 spiro atoms. The van der Waals surface area contributed by atoms with Gasteiger partial charge in [0.2, 0.25) is 0 Å². The summed E-state index contributed by atoms with van der Waals surface area (Å²) in [5, 5.41) is 4.47. The summed E-state index contributed by atoms with van der Waals surface area (Å²) in [5.74, 6) is 0.761. The van der Waals surface area contributed by atoms with E-state index in [1.165, 1.54) is 12.7 Å². The molecule has 4 rings (SSSR count). The molecule has 154 valence electrons. The van der Waals surface area contributed by atoms with Gasteiger partial charge in [0.1, 0.15) is 5.75 Å². The summed E-state index contributed by atoms with van der Waals surface area (Å²) < 4.78 is 27.2. The summed E-state index contributed by atoms with van der Waals surface area (Å²) in [6.45, 7) is 1.99. The standard InChI is InChI=1S/C25H25FN2O2/c1-29-24-11-7-6-10-19(24)14-27-15-20-17-28(16-18-8-4-3-5-9-18)23-13-22(26)25(30-2)12-21(20)23/h3-13,17,27H,14-16H2,1-2H3. The molecule has 0 fully saturated rings. The topological polar surface area (TPSA) is 35.4 Å². The third kappa shape index (κ3) is 4.16. The predicted molar refractivity (Wildman–Crippen MR) is 118 cm³/mol. The lowest BCUT2D eigenvalue weighted by molar-refractivity contribution is 0.387. The van der Waals surface area contributed by atoms with E-state index in [1.807, 2.05) is 42.5 Å². The van der Waals surface area contributed by atoms with Crippen LogP contribution < -0.4 is 14.8 Å². The van der Waals surface area contributed by atoms with Crippen LogP contribution >= 0.6 is 0 Å². The lowest BCUT2D eigenvalue weighted by atomic mass is 10.1. The van der Waals surface area contributed by atoms with Crippen LogP contribution in [0.3, 0.4) is 0 Å². The van der Waals surface area contributed by atoms with Crippen molar-refractivity contribution in [2.45, 2.75) is 19.6 Å². The van der Waals surface area contributed by atoms with Crippen molar-refractivity contribution in [2.24, 2.45) is 0 Å². The first-order chi connectivity index (χ1) is 14.7. The van der Waals surface area contributed by atoms with Crippen molar-refractivity contribution in [3.05, 3.63) is 95.4 Å². The number of hydrogen-bond acceptors (Lipinski definition) is 3. The summed E-state index contributed by atoms with van der Waals surface area (Å²) in [4.78, 5) is 0. The number of aromatic nitrogens is 1. The van der Waals surface area contributed by atoms with Gasteiger partial charge in [0.25, 0.3) is 0 Å². The fourth-order valence-corrected chi connectivity index (χ4v) is 3.75. The van der Waals surface area contributed by atoms with Crippen LogP contribution in [0.25, 0.3) is 10.9 Å². The third-order valence-corrected chi connectivity index (χ3v) is 5.26. The van der Waals surface area contributed by atoms with Gasteiger partial charge in [0.05, 0.1) is 19.7 Å². The molecule has 3 aromatic carbocycles. The van der Waals surface area contributed by atoms with E-state index in [4.69, 9.17) is 9.47 Å². The Kier molecular flexibility index (Phi) is 6.00. The Morgan fingerprint density at radius 3 is 2.30 bits per heavy atom. The van der Waals surface area contributed by atoms with Crippen LogP contribution in [0.2, 0.25) is 0 Å². The quantitative estimate of drug-likeness (QED) is 0.442. The van der Waals surface area contributed by atoms with Crippen molar-refractivity contribution in [3.8, 4) is 11.5 Å². The molecule has 0 saturated carbocycles. The molecule has 0 aliphatic carbocycles. The van der Waals surface area contributed by atoms with Gasteiger partial charge in [-0.15, -0.1) is 0 Å². The number of hydrogen-bond donors (Lipinski definition) is 1. The van der Waals surface area contributed by atoms with E-state index >= 15 is 0 Å². The number of halogens is 1. The number of para-hydroxylation sites is 1. The van der Waals surface area contributed by atoms with Crippen molar-refractivity contribution in [3.63, 3.8) is 0 Å². The summed E-state index contributed by atoms with van der Waals surface area (Å²) in [7, 11) is 3.17. The van der Waals surface area contributed by atoms with Crippen LogP contribution in [0.15, 0.2) is 72.9 Å². The highest BCUT2D eigenvalue weighted by atomic mass is 19.1. The molecule has 30 heavy (non-hydrogen) atoms. The fourth-order valence-electron chi connectivity index (χ4n) is 3.75. The summed E-state index contributed by atoms with van der Waals surface area (Å²) in [5.41, 5.74) is 4.20. The number of nitrogens with zero attached hydrogens (tertiary/aromatic N) is 1.